The Morgan fingerprint density at radius 1 is 1.18 bits per heavy atom. The van der Waals surface area contributed by atoms with E-state index in [2.05, 4.69) is 15.3 Å². The molecule has 7 heteroatoms. The minimum atomic E-state index is -0.135. The van der Waals surface area contributed by atoms with Gasteiger partial charge in [0.15, 0.2) is 5.76 Å². The summed E-state index contributed by atoms with van der Waals surface area (Å²) >= 11 is 0. The number of nitrogens with one attached hydrogen (secondary N) is 1. The predicted molar refractivity (Wildman–Crippen MR) is 78.0 cm³/mol. The average molecular weight is 300 g/mol. The fourth-order valence-electron chi connectivity index (χ4n) is 2.48. The van der Waals surface area contributed by atoms with E-state index in [1.165, 1.54) is 6.26 Å². The third-order valence-electron chi connectivity index (χ3n) is 3.69. The average Bonchev–Trinajstić information content (AvgIpc) is 3.10. The van der Waals surface area contributed by atoms with Crippen LogP contribution < -0.4 is 5.32 Å². The highest BCUT2D eigenvalue weighted by atomic mass is 16.3. The number of piperidine rings is 1. The molecule has 1 saturated heterocycles. The monoisotopic (exact) mass is 300 g/mol. The number of aromatic nitrogens is 2. The van der Waals surface area contributed by atoms with E-state index in [-0.39, 0.29) is 17.7 Å². The van der Waals surface area contributed by atoms with E-state index < -0.39 is 0 Å². The van der Waals surface area contributed by atoms with Crippen LogP contribution in [0.15, 0.2) is 41.3 Å². The smallest absolute Gasteiger partial charge is 0.289 e. The topological polar surface area (TPSA) is 88.3 Å². The summed E-state index contributed by atoms with van der Waals surface area (Å²) in [5.74, 6) is 0.276. The van der Waals surface area contributed by atoms with E-state index in [1.54, 1.807) is 35.5 Å². The van der Waals surface area contributed by atoms with Crippen LogP contribution in [0, 0.1) is 5.92 Å². The summed E-state index contributed by atoms with van der Waals surface area (Å²) in [5.41, 5.74) is 0. The van der Waals surface area contributed by atoms with Gasteiger partial charge in [-0.15, -0.1) is 0 Å². The second kappa shape index (κ2) is 6.38. The first-order valence-electron chi connectivity index (χ1n) is 7.14. The molecule has 2 aromatic rings. The maximum atomic E-state index is 12.2. The van der Waals surface area contributed by atoms with Crippen molar-refractivity contribution in [3.63, 3.8) is 0 Å². The van der Waals surface area contributed by atoms with Crippen LogP contribution in [0.25, 0.3) is 0 Å². The van der Waals surface area contributed by atoms with Crippen LogP contribution in [0.4, 0.5) is 5.95 Å². The summed E-state index contributed by atoms with van der Waals surface area (Å²) in [5, 5.41) is 2.70. The van der Waals surface area contributed by atoms with Crippen molar-refractivity contribution < 1.29 is 14.0 Å². The first kappa shape index (κ1) is 14.2. The van der Waals surface area contributed by atoms with Crippen LogP contribution in [0.1, 0.15) is 23.4 Å². The maximum Gasteiger partial charge on any atom is 0.289 e. The first-order chi connectivity index (χ1) is 10.7. The van der Waals surface area contributed by atoms with Crippen molar-refractivity contribution in [2.45, 2.75) is 12.8 Å². The molecule has 1 N–H and O–H groups in total. The predicted octanol–water partition coefficient (Wildman–Crippen LogP) is 1.56. The van der Waals surface area contributed by atoms with Crippen LogP contribution in [-0.4, -0.2) is 39.8 Å². The highest BCUT2D eigenvalue weighted by molar-refractivity contribution is 5.93. The molecule has 0 bridgehead atoms. The zero-order chi connectivity index (χ0) is 15.4. The number of carbonyl (C=O) groups excluding carboxylic acids is 2. The maximum absolute atomic E-state index is 12.2. The summed E-state index contributed by atoms with van der Waals surface area (Å²) < 4.78 is 5.11. The Kier molecular flexibility index (Phi) is 4.13. The molecule has 1 aliphatic heterocycles. The number of rotatable bonds is 3. The Morgan fingerprint density at radius 2 is 1.91 bits per heavy atom. The quantitative estimate of drug-likeness (QED) is 0.929. The molecular formula is C15H16N4O3. The third-order valence-corrected chi connectivity index (χ3v) is 3.69. The summed E-state index contributed by atoms with van der Waals surface area (Å²) in [6.45, 7) is 1.07. The van der Waals surface area contributed by atoms with Gasteiger partial charge in [0.05, 0.1) is 6.26 Å². The van der Waals surface area contributed by atoms with Gasteiger partial charge in [-0.05, 0) is 31.0 Å². The number of nitrogens with zero attached hydrogens (tertiary/aromatic N) is 3. The van der Waals surface area contributed by atoms with Gasteiger partial charge in [0.25, 0.3) is 5.91 Å². The molecule has 3 heterocycles. The molecule has 0 aromatic carbocycles. The van der Waals surface area contributed by atoms with Crippen molar-refractivity contribution in [3.8, 4) is 0 Å². The number of anilines is 1. The Balaban J connectivity index is 1.53. The lowest BCUT2D eigenvalue weighted by Crippen LogP contribution is -2.41. The van der Waals surface area contributed by atoms with Crippen molar-refractivity contribution in [3.05, 3.63) is 42.6 Å². The number of furan rings is 1. The van der Waals surface area contributed by atoms with Gasteiger partial charge in [0.1, 0.15) is 0 Å². The summed E-state index contributed by atoms with van der Waals surface area (Å²) in [7, 11) is 0. The van der Waals surface area contributed by atoms with E-state index >= 15 is 0 Å². The standard InChI is InChI=1S/C15H16N4O3/c20-13(18-15-16-6-2-7-17-15)11-4-8-19(9-5-11)14(21)12-3-1-10-22-12/h1-3,6-7,10-11H,4-5,8-9H2,(H,16,17,18,20). The van der Waals surface area contributed by atoms with Crippen LogP contribution in [0.3, 0.4) is 0 Å². The molecule has 0 aliphatic carbocycles. The molecule has 2 aromatic heterocycles. The molecule has 1 fully saturated rings. The summed E-state index contributed by atoms with van der Waals surface area (Å²) in [4.78, 5) is 34.0. The third kappa shape index (κ3) is 3.13. The SMILES string of the molecule is O=C(Nc1ncccn1)C1CCN(C(=O)c2ccco2)CC1. The Labute approximate surface area is 127 Å². The van der Waals surface area contributed by atoms with Gasteiger partial charge < -0.3 is 9.32 Å². The molecule has 7 nitrogen and oxygen atoms in total. The Morgan fingerprint density at radius 3 is 2.55 bits per heavy atom. The van der Waals surface area contributed by atoms with Crippen LogP contribution >= 0.6 is 0 Å². The second-order valence-electron chi connectivity index (χ2n) is 5.11. The van der Waals surface area contributed by atoms with Crippen LogP contribution in [0.5, 0.6) is 0 Å². The van der Waals surface area contributed by atoms with Crippen molar-refractivity contribution in [2.24, 2.45) is 5.92 Å². The van der Waals surface area contributed by atoms with Gasteiger partial charge in [-0.25, -0.2) is 9.97 Å². The van der Waals surface area contributed by atoms with Gasteiger partial charge >= 0.3 is 0 Å². The molecule has 0 atom stereocenters. The molecular weight excluding hydrogens is 284 g/mol. The van der Waals surface area contributed by atoms with E-state index in [4.69, 9.17) is 4.42 Å². The van der Waals surface area contributed by atoms with E-state index in [9.17, 15) is 9.59 Å². The zero-order valence-corrected chi connectivity index (χ0v) is 11.9. The van der Waals surface area contributed by atoms with Gasteiger partial charge in [0.2, 0.25) is 11.9 Å². The molecule has 114 valence electrons. The molecule has 3 rings (SSSR count). The number of hydrogen-bond donors (Lipinski definition) is 1. The van der Waals surface area contributed by atoms with E-state index in [1.807, 2.05) is 0 Å². The minimum absolute atomic E-state index is 0.101. The Bertz CT molecular complexity index is 634. The first-order valence-corrected chi connectivity index (χ1v) is 7.14. The molecule has 22 heavy (non-hydrogen) atoms. The highest BCUT2D eigenvalue weighted by Crippen LogP contribution is 2.20. The van der Waals surface area contributed by atoms with Crippen molar-refractivity contribution in [2.75, 3.05) is 18.4 Å². The van der Waals surface area contributed by atoms with E-state index in [0.29, 0.717) is 37.6 Å². The van der Waals surface area contributed by atoms with Gasteiger partial charge in [-0.3, -0.25) is 14.9 Å². The van der Waals surface area contributed by atoms with Crippen molar-refractivity contribution >= 4 is 17.8 Å². The fraction of sp³-hybridized carbons (Fsp3) is 0.333. The van der Waals surface area contributed by atoms with Crippen LogP contribution in [-0.2, 0) is 4.79 Å². The molecule has 2 amide bonds. The van der Waals surface area contributed by atoms with Gasteiger partial charge in [-0.1, -0.05) is 0 Å². The number of hydrogen-bond acceptors (Lipinski definition) is 5. The number of carbonyl (C=O) groups is 2. The second-order valence-corrected chi connectivity index (χ2v) is 5.11. The molecule has 0 radical (unpaired) electrons. The van der Waals surface area contributed by atoms with Gasteiger partial charge in [-0.2, -0.15) is 0 Å². The largest absolute Gasteiger partial charge is 0.459 e. The molecule has 0 saturated carbocycles. The van der Waals surface area contributed by atoms with Crippen molar-refractivity contribution in [1.82, 2.24) is 14.9 Å². The minimum Gasteiger partial charge on any atom is -0.459 e. The fourth-order valence-corrected chi connectivity index (χ4v) is 2.48. The lowest BCUT2D eigenvalue weighted by Gasteiger charge is -2.30. The lowest BCUT2D eigenvalue weighted by atomic mass is 9.96. The van der Waals surface area contributed by atoms with Crippen LogP contribution in [0.2, 0.25) is 0 Å². The molecule has 0 spiro atoms. The number of likely N-dealkylation sites (tertiary alicyclic amines) is 1. The van der Waals surface area contributed by atoms with Crippen molar-refractivity contribution in [1.29, 1.82) is 0 Å². The summed E-state index contributed by atoms with van der Waals surface area (Å²) in [6.07, 6.45) is 5.87. The normalized spacial score (nSPS) is 15.5. The zero-order valence-electron chi connectivity index (χ0n) is 11.9. The van der Waals surface area contributed by atoms with E-state index in [0.717, 1.165) is 0 Å². The lowest BCUT2D eigenvalue weighted by molar-refractivity contribution is -0.121. The van der Waals surface area contributed by atoms with Gasteiger partial charge in [0, 0.05) is 31.4 Å². The molecule has 1 aliphatic rings. The molecule has 0 unspecified atom stereocenters. The number of amides is 2. The summed E-state index contributed by atoms with van der Waals surface area (Å²) in [6, 6.07) is 5.02. The Hall–Kier alpha value is -2.70. The highest BCUT2D eigenvalue weighted by Gasteiger charge is 2.28.